The van der Waals surface area contributed by atoms with E-state index in [1.807, 2.05) is 36.3 Å². The fourth-order valence-electron chi connectivity index (χ4n) is 4.26. The van der Waals surface area contributed by atoms with Gasteiger partial charge < -0.3 is 9.16 Å². The highest BCUT2D eigenvalue weighted by Crippen LogP contribution is 2.40. The van der Waals surface area contributed by atoms with Crippen molar-refractivity contribution in [1.82, 2.24) is 5.06 Å². The van der Waals surface area contributed by atoms with Crippen LogP contribution in [0.2, 0.25) is 18.1 Å². The number of piperidine rings is 1. The molecule has 0 aromatic carbocycles. The monoisotopic (exact) mass is 523 g/mol. The Hall–Kier alpha value is -1.28. The zero-order valence-electron chi connectivity index (χ0n) is 25.3. The number of nitrogens with zero attached hydrogens (tertiary/aromatic N) is 1. The molecule has 1 aliphatic rings. The average Bonchev–Trinajstić information content (AvgIpc) is 2.64. The van der Waals surface area contributed by atoms with Gasteiger partial charge in [-0.15, -0.1) is 0 Å². The number of ether oxygens (including phenoxy) is 1. The number of carbonyl (C=O) groups excluding carboxylic acids is 2. The summed E-state index contributed by atoms with van der Waals surface area (Å²) in [4.78, 5) is 33.4. The maximum Gasteiger partial charge on any atom is 0.345 e. The van der Waals surface area contributed by atoms with Crippen molar-refractivity contribution < 1.29 is 23.6 Å². The minimum absolute atomic E-state index is 0.0222. The van der Waals surface area contributed by atoms with Gasteiger partial charge in [0.25, 0.3) is 0 Å². The van der Waals surface area contributed by atoms with E-state index in [0.29, 0.717) is 0 Å². The van der Waals surface area contributed by atoms with Crippen molar-refractivity contribution in [2.24, 2.45) is 0 Å². The molecule has 7 heteroatoms. The van der Waals surface area contributed by atoms with E-state index in [-0.39, 0.29) is 28.3 Å². The number of rotatable bonds is 10. The van der Waals surface area contributed by atoms with Gasteiger partial charge in [0.1, 0.15) is 5.60 Å². The standard InChI is InChI=1S/C29H53NO5Si/c1-14-15-16-18-22(35-36(12,13)27(5,6)7)21-23(31)24(25(32)33-26(2,3)4)34-30-28(8,9)19-17-20-29(30,10)11/h14-16,18,22,24H,17,19-21H2,1-13H3/b15-14+,18-16+. The number of carbonyl (C=O) groups is 2. The normalized spacial score (nSPS) is 21.0. The molecular formula is C29H53NO5Si. The molecule has 0 saturated carbocycles. The minimum Gasteiger partial charge on any atom is -0.458 e. The van der Waals surface area contributed by atoms with Gasteiger partial charge in [0.2, 0.25) is 6.10 Å². The van der Waals surface area contributed by atoms with Crippen molar-refractivity contribution in [2.45, 2.75) is 149 Å². The number of hydroxylamine groups is 2. The molecule has 36 heavy (non-hydrogen) atoms. The van der Waals surface area contributed by atoms with E-state index in [4.69, 9.17) is 14.0 Å². The highest BCUT2D eigenvalue weighted by molar-refractivity contribution is 6.74. The molecule has 1 aliphatic heterocycles. The molecule has 0 N–H and O–H groups in total. The predicted molar refractivity (Wildman–Crippen MR) is 150 cm³/mol. The van der Waals surface area contributed by atoms with Crippen LogP contribution in [0.5, 0.6) is 0 Å². The molecule has 2 unspecified atom stereocenters. The first-order valence-electron chi connectivity index (χ1n) is 13.3. The Labute approximate surface area is 221 Å². The number of ketones is 1. The summed E-state index contributed by atoms with van der Waals surface area (Å²) in [5.74, 6) is -0.997. The van der Waals surface area contributed by atoms with Crippen LogP contribution in [0.3, 0.4) is 0 Å². The Balaban J connectivity index is 3.35. The van der Waals surface area contributed by atoms with Gasteiger partial charge in [0, 0.05) is 17.5 Å². The lowest BCUT2D eigenvalue weighted by Crippen LogP contribution is -2.61. The van der Waals surface area contributed by atoms with Crippen LogP contribution in [0.15, 0.2) is 24.3 Å². The molecular weight excluding hydrogens is 470 g/mol. The van der Waals surface area contributed by atoms with Gasteiger partial charge in [-0.1, -0.05) is 45.1 Å². The highest BCUT2D eigenvalue weighted by Gasteiger charge is 2.47. The summed E-state index contributed by atoms with van der Waals surface area (Å²) >= 11 is 0. The van der Waals surface area contributed by atoms with Crippen LogP contribution in [0, 0.1) is 0 Å². The minimum atomic E-state index is -2.18. The zero-order chi connectivity index (χ0) is 28.2. The topological polar surface area (TPSA) is 65.1 Å². The molecule has 1 heterocycles. The lowest BCUT2D eigenvalue weighted by molar-refractivity contribution is -0.298. The third-order valence-electron chi connectivity index (χ3n) is 7.08. The fraction of sp³-hybridized carbons (Fsp3) is 0.793. The van der Waals surface area contributed by atoms with E-state index in [1.165, 1.54) is 0 Å². The van der Waals surface area contributed by atoms with Crippen LogP contribution in [-0.2, 0) is 23.6 Å². The van der Waals surface area contributed by atoms with E-state index < -0.39 is 32.1 Å². The summed E-state index contributed by atoms with van der Waals surface area (Å²) < 4.78 is 12.3. The van der Waals surface area contributed by atoms with E-state index >= 15 is 0 Å². The Morgan fingerprint density at radius 3 is 1.94 bits per heavy atom. The van der Waals surface area contributed by atoms with Crippen molar-refractivity contribution in [2.75, 3.05) is 0 Å². The van der Waals surface area contributed by atoms with Gasteiger partial charge >= 0.3 is 5.97 Å². The lowest BCUT2D eigenvalue weighted by Gasteiger charge is -2.52. The van der Waals surface area contributed by atoms with Gasteiger partial charge in [0.05, 0.1) is 6.10 Å². The Morgan fingerprint density at radius 2 is 1.50 bits per heavy atom. The molecule has 6 nitrogen and oxygen atoms in total. The third-order valence-corrected chi connectivity index (χ3v) is 11.6. The van der Waals surface area contributed by atoms with Gasteiger partial charge in [0.15, 0.2) is 14.1 Å². The molecule has 1 rings (SSSR count). The maximum absolute atomic E-state index is 13.8. The summed E-state index contributed by atoms with van der Waals surface area (Å²) in [7, 11) is -2.18. The summed E-state index contributed by atoms with van der Waals surface area (Å²) in [5.41, 5.74) is -1.40. The number of hydrogen-bond acceptors (Lipinski definition) is 6. The zero-order valence-corrected chi connectivity index (χ0v) is 26.3. The van der Waals surface area contributed by atoms with Crippen molar-refractivity contribution in [3.63, 3.8) is 0 Å². The van der Waals surface area contributed by atoms with Crippen molar-refractivity contribution in [3.05, 3.63) is 24.3 Å². The van der Waals surface area contributed by atoms with Gasteiger partial charge in [-0.05, 0) is 92.8 Å². The van der Waals surface area contributed by atoms with Crippen LogP contribution in [0.1, 0.15) is 102 Å². The first-order chi connectivity index (χ1) is 16.1. The average molecular weight is 524 g/mol. The van der Waals surface area contributed by atoms with Gasteiger partial charge in [-0.25, -0.2) is 4.79 Å². The molecule has 0 bridgehead atoms. The van der Waals surface area contributed by atoms with Crippen molar-refractivity contribution >= 4 is 20.1 Å². The fourth-order valence-corrected chi connectivity index (χ4v) is 5.54. The summed E-state index contributed by atoms with van der Waals surface area (Å²) in [6.45, 7) is 26.5. The van der Waals surface area contributed by atoms with Crippen LogP contribution < -0.4 is 0 Å². The maximum atomic E-state index is 13.8. The number of hydrogen-bond donors (Lipinski definition) is 0. The number of esters is 1. The lowest BCUT2D eigenvalue weighted by atomic mass is 9.82. The smallest absolute Gasteiger partial charge is 0.345 e. The molecule has 2 atom stereocenters. The molecule has 1 saturated heterocycles. The van der Waals surface area contributed by atoms with E-state index in [9.17, 15) is 9.59 Å². The SMILES string of the molecule is C/C=C/C=C/C(CC(=O)C(ON1C(C)(C)CCCC1(C)C)C(=O)OC(C)(C)C)O[Si](C)(C)C(C)(C)C. The second-order valence-corrected chi connectivity index (χ2v) is 18.5. The largest absolute Gasteiger partial charge is 0.458 e. The Morgan fingerprint density at radius 1 is 0.972 bits per heavy atom. The predicted octanol–water partition coefficient (Wildman–Crippen LogP) is 7.15. The van der Waals surface area contributed by atoms with Crippen LogP contribution >= 0.6 is 0 Å². The van der Waals surface area contributed by atoms with Crippen LogP contribution in [-0.4, -0.2) is 54.0 Å². The molecule has 0 aromatic heterocycles. The highest BCUT2D eigenvalue weighted by atomic mass is 28.4. The summed E-state index contributed by atoms with van der Waals surface area (Å²) in [6, 6.07) is 0. The third kappa shape index (κ3) is 9.55. The Kier molecular flexibility index (Phi) is 11.0. The molecule has 1 fully saturated rings. The number of allylic oxidation sites excluding steroid dienone is 3. The van der Waals surface area contributed by atoms with E-state index in [2.05, 4.69) is 61.6 Å². The van der Waals surface area contributed by atoms with Gasteiger partial charge in [-0.2, -0.15) is 5.06 Å². The summed E-state index contributed by atoms with van der Waals surface area (Å²) in [5, 5.41) is 1.83. The van der Waals surface area contributed by atoms with E-state index in [1.54, 1.807) is 20.8 Å². The van der Waals surface area contributed by atoms with Crippen LogP contribution in [0.25, 0.3) is 0 Å². The number of Topliss-reactive ketones (excluding diaryl/α,β-unsaturated/α-hetero) is 1. The van der Waals surface area contributed by atoms with Crippen LogP contribution in [0.4, 0.5) is 0 Å². The molecule has 0 radical (unpaired) electrons. The second-order valence-electron chi connectivity index (χ2n) is 13.8. The molecule has 0 spiro atoms. The molecule has 0 aromatic rings. The quantitative estimate of drug-likeness (QED) is 0.131. The van der Waals surface area contributed by atoms with E-state index in [0.717, 1.165) is 19.3 Å². The Bertz CT molecular complexity index is 799. The second kappa shape index (κ2) is 12.1. The molecule has 0 aliphatic carbocycles. The summed E-state index contributed by atoms with van der Waals surface area (Å²) in [6.07, 6.45) is 8.71. The molecule has 208 valence electrons. The van der Waals surface area contributed by atoms with Crippen molar-refractivity contribution in [3.8, 4) is 0 Å². The van der Waals surface area contributed by atoms with Gasteiger partial charge in [-0.3, -0.25) is 9.63 Å². The van der Waals surface area contributed by atoms with Crippen molar-refractivity contribution in [1.29, 1.82) is 0 Å². The molecule has 0 amide bonds. The first kappa shape index (κ1) is 32.7. The first-order valence-corrected chi connectivity index (χ1v) is 16.2.